The largest absolute Gasteiger partial charge is 0.370 e. The van der Waals surface area contributed by atoms with Gasteiger partial charge in [-0.1, -0.05) is 39.7 Å². The standard InChI is InChI=1S/C14H12BrClN2O/c15-10-3-1-9(2-4-10)13(14(17)19)18-12-7-5-11(16)6-8-12/h1-8,13,18H,(H2,17,19). The zero-order chi connectivity index (χ0) is 13.8. The van der Waals surface area contributed by atoms with E-state index in [1.807, 2.05) is 24.3 Å². The Morgan fingerprint density at radius 3 is 2.21 bits per heavy atom. The molecule has 0 aromatic heterocycles. The fourth-order valence-electron chi connectivity index (χ4n) is 1.69. The number of anilines is 1. The number of hydrogen-bond donors (Lipinski definition) is 2. The Labute approximate surface area is 124 Å². The zero-order valence-corrected chi connectivity index (χ0v) is 12.3. The summed E-state index contributed by atoms with van der Waals surface area (Å²) in [6.45, 7) is 0. The average Bonchev–Trinajstić information content (AvgIpc) is 2.39. The minimum atomic E-state index is -0.575. The van der Waals surface area contributed by atoms with Crippen LogP contribution >= 0.6 is 27.5 Å². The predicted octanol–water partition coefficient (Wildman–Crippen LogP) is 3.74. The third-order valence-corrected chi connectivity index (χ3v) is 3.42. The summed E-state index contributed by atoms with van der Waals surface area (Å²) in [7, 11) is 0. The van der Waals surface area contributed by atoms with E-state index in [1.165, 1.54) is 0 Å². The molecule has 2 aromatic rings. The number of hydrogen-bond acceptors (Lipinski definition) is 2. The number of amides is 1. The molecule has 3 N–H and O–H groups in total. The molecule has 0 bridgehead atoms. The summed E-state index contributed by atoms with van der Waals surface area (Å²) in [6, 6.07) is 14.0. The summed E-state index contributed by atoms with van der Waals surface area (Å²) in [5.74, 6) is -0.433. The highest BCUT2D eigenvalue weighted by molar-refractivity contribution is 9.10. The van der Waals surface area contributed by atoms with Crippen molar-refractivity contribution in [1.82, 2.24) is 0 Å². The maximum absolute atomic E-state index is 11.6. The molecule has 0 spiro atoms. The minimum Gasteiger partial charge on any atom is -0.370 e. The van der Waals surface area contributed by atoms with Gasteiger partial charge in [0.15, 0.2) is 0 Å². The monoisotopic (exact) mass is 338 g/mol. The van der Waals surface area contributed by atoms with E-state index in [0.717, 1.165) is 15.7 Å². The summed E-state index contributed by atoms with van der Waals surface area (Å²) in [4.78, 5) is 11.6. The lowest BCUT2D eigenvalue weighted by Gasteiger charge is -2.17. The van der Waals surface area contributed by atoms with Crippen LogP contribution in [-0.2, 0) is 4.79 Å². The van der Waals surface area contributed by atoms with Crippen molar-refractivity contribution in [2.24, 2.45) is 5.73 Å². The average molecular weight is 340 g/mol. The normalized spacial score (nSPS) is 11.9. The topological polar surface area (TPSA) is 55.1 Å². The van der Waals surface area contributed by atoms with E-state index in [0.29, 0.717) is 5.02 Å². The van der Waals surface area contributed by atoms with Gasteiger partial charge in [0.1, 0.15) is 6.04 Å². The van der Waals surface area contributed by atoms with Crippen LogP contribution in [0.5, 0.6) is 0 Å². The Bertz CT molecular complexity index is 569. The van der Waals surface area contributed by atoms with Gasteiger partial charge in [0, 0.05) is 15.2 Å². The van der Waals surface area contributed by atoms with Crippen molar-refractivity contribution >= 4 is 39.1 Å². The van der Waals surface area contributed by atoms with Gasteiger partial charge in [0.2, 0.25) is 5.91 Å². The van der Waals surface area contributed by atoms with Gasteiger partial charge in [0.05, 0.1) is 0 Å². The van der Waals surface area contributed by atoms with E-state index in [2.05, 4.69) is 21.2 Å². The fourth-order valence-corrected chi connectivity index (χ4v) is 2.08. The van der Waals surface area contributed by atoms with Gasteiger partial charge in [-0.15, -0.1) is 0 Å². The van der Waals surface area contributed by atoms with Crippen molar-refractivity contribution in [1.29, 1.82) is 0 Å². The lowest BCUT2D eigenvalue weighted by atomic mass is 10.1. The quantitative estimate of drug-likeness (QED) is 0.891. The maximum Gasteiger partial charge on any atom is 0.244 e. The van der Waals surface area contributed by atoms with E-state index in [9.17, 15) is 4.79 Å². The van der Waals surface area contributed by atoms with Gasteiger partial charge in [0.25, 0.3) is 0 Å². The molecule has 5 heteroatoms. The van der Waals surface area contributed by atoms with Gasteiger partial charge in [-0.3, -0.25) is 4.79 Å². The molecular weight excluding hydrogens is 328 g/mol. The summed E-state index contributed by atoms with van der Waals surface area (Å²) >= 11 is 9.18. The van der Waals surface area contributed by atoms with E-state index < -0.39 is 11.9 Å². The third kappa shape index (κ3) is 3.72. The first-order valence-electron chi connectivity index (χ1n) is 5.63. The van der Waals surface area contributed by atoms with Gasteiger partial charge in [-0.05, 0) is 42.0 Å². The number of nitrogens with one attached hydrogen (secondary N) is 1. The third-order valence-electron chi connectivity index (χ3n) is 2.64. The number of carbonyl (C=O) groups is 1. The SMILES string of the molecule is NC(=O)C(Nc1ccc(Cl)cc1)c1ccc(Br)cc1. The highest BCUT2D eigenvalue weighted by atomic mass is 79.9. The van der Waals surface area contributed by atoms with Crippen LogP contribution < -0.4 is 11.1 Å². The van der Waals surface area contributed by atoms with Crippen molar-refractivity contribution in [3.05, 3.63) is 63.6 Å². The fraction of sp³-hybridized carbons (Fsp3) is 0.0714. The smallest absolute Gasteiger partial charge is 0.244 e. The Morgan fingerprint density at radius 1 is 1.11 bits per heavy atom. The van der Waals surface area contributed by atoms with Crippen LogP contribution in [0.1, 0.15) is 11.6 Å². The molecule has 0 saturated heterocycles. The summed E-state index contributed by atoms with van der Waals surface area (Å²) in [5.41, 5.74) is 7.04. The zero-order valence-electron chi connectivity index (χ0n) is 9.94. The summed E-state index contributed by atoms with van der Waals surface area (Å²) in [5, 5.41) is 3.74. The van der Waals surface area contributed by atoms with Gasteiger partial charge in [-0.2, -0.15) is 0 Å². The molecule has 0 fully saturated rings. The molecule has 0 heterocycles. The first kappa shape index (κ1) is 13.9. The van der Waals surface area contributed by atoms with Crippen LogP contribution in [0.25, 0.3) is 0 Å². The van der Waals surface area contributed by atoms with Gasteiger partial charge < -0.3 is 11.1 Å². The molecule has 98 valence electrons. The number of benzene rings is 2. The second kappa shape index (κ2) is 6.08. The molecule has 0 radical (unpaired) electrons. The number of primary amides is 1. The Hall–Kier alpha value is -1.52. The molecule has 0 saturated carbocycles. The van der Waals surface area contributed by atoms with Gasteiger partial charge in [-0.25, -0.2) is 0 Å². The van der Waals surface area contributed by atoms with Crippen LogP contribution in [0, 0.1) is 0 Å². The van der Waals surface area contributed by atoms with Crippen LogP contribution in [0.2, 0.25) is 5.02 Å². The number of halogens is 2. The Kier molecular flexibility index (Phi) is 4.45. The van der Waals surface area contributed by atoms with E-state index >= 15 is 0 Å². The van der Waals surface area contributed by atoms with Crippen LogP contribution in [0.4, 0.5) is 5.69 Å². The lowest BCUT2D eigenvalue weighted by molar-refractivity contribution is -0.118. The molecule has 1 atom stereocenters. The second-order valence-electron chi connectivity index (χ2n) is 4.04. The molecule has 2 rings (SSSR count). The van der Waals surface area contributed by atoms with Crippen molar-refractivity contribution in [3.63, 3.8) is 0 Å². The van der Waals surface area contributed by atoms with Crippen molar-refractivity contribution in [2.75, 3.05) is 5.32 Å². The molecule has 3 nitrogen and oxygen atoms in total. The molecule has 0 aliphatic rings. The van der Waals surface area contributed by atoms with Crippen molar-refractivity contribution in [3.8, 4) is 0 Å². The summed E-state index contributed by atoms with van der Waals surface area (Å²) in [6.07, 6.45) is 0. The predicted molar refractivity (Wildman–Crippen MR) is 81.2 cm³/mol. The van der Waals surface area contributed by atoms with Crippen LogP contribution in [0.15, 0.2) is 53.0 Å². The van der Waals surface area contributed by atoms with E-state index in [1.54, 1.807) is 24.3 Å². The molecule has 0 aliphatic carbocycles. The Morgan fingerprint density at radius 2 is 1.68 bits per heavy atom. The van der Waals surface area contributed by atoms with Crippen LogP contribution in [0.3, 0.4) is 0 Å². The highest BCUT2D eigenvalue weighted by Crippen LogP contribution is 2.22. The van der Waals surface area contributed by atoms with Crippen molar-refractivity contribution in [2.45, 2.75) is 6.04 Å². The highest BCUT2D eigenvalue weighted by Gasteiger charge is 2.17. The first-order chi connectivity index (χ1) is 9.06. The van der Waals surface area contributed by atoms with E-state index in [4.69, 9.17) is 17.3 Å². The first-order valence-corrected chi connectivity index (χ1v) is 6.80. The molecule has 19 heavy (non-hydrogen) atoms. The molecular formula is C14H12BrClN2O. The molecule has 1 unspecified atom stereocenters. The summed E-state index contributed by atoms with van der Waals surface area (Å²) < 4.78 is 0.950. The second-order valence-corrected chi connectivity index (χ2v) is 5.39. The number of nitrogens with two attached hydrogens (primary N) is 1. The van der Waals surface area contributed by atoms with E-state index in [-0.39, 0.29) is 0 Å². The Balaban J connectivity index is 2.23. The molecule has 1 amide bonds. The van der Waals surface area contributed by atoms with Crippen molar-refractivity contribution < 1.29 is 4.79 Å². The van der Waals surface area contributed by atoms with Gasteiger partial charge >= 0.3 is 0 Å². The molecule has 0 aliphatic heterocycles. The maximum atomic E-state index is 11.6. The minimum absolute atomic E-state index is 0.433. The number of rotatable bonds is 4. The van der Waals surface area contributed by atoms with Crippen LogP contribution in [-0.4, -0.2) is 5.91 Å². The molecule has 2 aromatic carbocycles. The number of carbonyl (C=O) groups excluding carboxylic acids is 1. The lowest BCUT2D eigenvalue weighted by Crippen LogP contribution is -2.27.